The maximum atomic E-state index is 12.2. The molecule has 0 aromatic carbocycles. The zero-order chi connectivity index (χ0) is 11.3. The number of alkyl halides is 2. The quantitative estimate of drug-likeness (QED) is 0.743. The average molecular weight is 220 g/mol. The Hall–Kier alpha value is -1.08. The third kappa shape index (κ3) is 3.21. The van der Waals surface area contributed by atoms with Crippen molar-refractivity contribution >= 4 is 0 Å². The van der Waals surface area contributed by atoms with Crippen molar-refractivity contribution in [3.05, 3.63) is 11.4 Å². The van der Waals surface area contributed by atoms with E-state index >= 15 is 0 Å². The highest BCUT2D eigenvalue weighted by Gasteiger charge is 2.14. The molecular formula is C8H14F2N4O. The van der Waals surface area contributed by atoms with Crippen LogP contribution < -0.4 is 5.73 Å². The van der Waals surface area contributed by atoms with Crippen LogP contribution in [0.4, 0.5) is 8.78 Å². The Morgan fingerprint density at radius 2 is 2.27 bits per heavy atom. The van der Waals surface area contributed by atoms with E-state index in [1.54, 1.807) is 7.11 Å². The van der Waals surface area contributed by atoms with Crippen LogP contribution in [0.15, 0.2) is 0 Å². The van der Waals surface area contributed by atoms with E-state index in [-0.39, 0.29) is 6.54 Å². The zero-order valence-corrected chi connectivity index (χ0v) is 8.49. The Balaban J connectivity index is 2.79. The second-order valence-electron chi connectivity index (χ2n) is 3.00. The molecule has 5 nitrogen and oxygen atoms in total. The minimum Gasteiger partial charge on any atom is -0.384 e. The molecule has 86 valence electrons. The van der Waals surface area contributed by atoms with Gasteiger partial charge in [-0.25, -0.2) is 13.5 Å². The minimum absolute atomic E-state index is 0.197. The van der Waals surface area contributed by atoms with Gasteiger partial charge in [-0.3, -0.25) is 0 Å². The van der Waals surface area contributed by atoms with Gasteiger partial charge in [0, 0.05) is 20.1 Å². The predicted octanol–water partition coefficient (Wildman–Crippen LogP) is 0.191. The Bertz CT molecular complexity index is 303. The van der Waals surface area contributed by atoms with Gasteiger partial charge in [-0.2, -0.15) is 0 Å². The smallest absolute Gasteiger partial charge is 0.257 e. The fourth-order valence-electron chi connectivity index (χ4n) is 1.28. The highest BCUT2D eigenvalue weighted by molar-refractivity contribution is 5.10. The molecule has 1 heterocycles. The molecule has 7 heteroatoms. The molecule has 0 aliphatic heterocycles. The molecule has 1 aromatic rings. The highest BCUT2D eigenvalue weighted by atomic mass is 19.3. The lowest BCUT2D eigenvalue weighted by atomic mass is 10.2. The monoisotopic (exact) mass is 220 g/mol. The van der Waals surface area contributed by atoms with Crippen LogP contribution in [0.3, 0.4) is 0 Å². The van der Waals surface area contributed by atoms with Crippen molar-refractivity contribution in [3.8, 4) is 0 Å². The number of rotatable bonds is 6. The molecule has 1 aromatic heterocycles. The van der Waals surface area contributed by atoms with Gasteiger partial charge < -0.3 is 10.5 Å². The molecule has 0 radical (unpaired) electrons. The van der Waals surface area contributed by atoms with Crippen molar-refractivity contribution in [2.45, 2.75) is 25.9 Å². The van der Waals surface area contributed by atoms with E-state index in [9.17, 15) is 8.78 Å². The van der Waals surface area contributed by atoms with Gasteiger partial charge in [-0.1, -0.05) is 5.21 Å². The molecule has 0 atom stereocenters. The fourth-order valence-corrected chi connectivity index (χ4v) is 1.28. The fraction of sp³-hybridized carbons (Fsp3) is 0.750. The van der Waals surface area contributed by atoms with E-state index in [2.05, 4.69) is 10.3 Å². The van der Waals surface area contributed by atoms with Crippen molar-refractivity contribution < 1.29 is 13.5 Å². The average Bonchev–Trinajstić information content (AvgIpc) is 2.56. The van der Waals surface area contributed by atoms with Crippen molar-refractivity contribution in [2.24, 2.45) is 5.73 Å². The van der Waals surface area contributed by atoms with Crippen LogP contribution in [0.1, 0.15) is 11.4 Å². The molecule has 0 aliphatic rings. The summed E-state index contributed by atoms with van der Waals surface area (Å²) < 4.78 is 30.4. The molecule has 0 saturated carbocycles. The Labute approximate surface area is 86.2 Å². The standard InChI is InChI=1S/C8H14F2N4O/c1-15-3-2-7-6(4-11)12-13-14(7)5-8(9)10/h8H,2-5,11H2,1H3. The summed E-state index contributed by atoms with van der Waals surface area (Å²) in [6.07, 6.45) is -1.96. The molecule has 1 rings (SSSR count). The van der Waals surface area contributed by atoms with Gasteiger partial charge in [0.15, 0.2) is 0 Å². The summed E-state index contributed by atoms with van der Waals surface area (Å²) in [4.78, 5) is 0. The predicted molar refractivity (Wildman–Crippen MR) is 49.5 cm³/mol. The highest BCUT2D eigenvalue weighted by Crippen LogP contribution is 2.08. The molecule has 0 unspecified atom stereocenters. The zero-order valence-electron chi connectivity index (χ0n) is 8.49. The molecule has 0 bridgehead atoms. The lowest BCUT2D eigenvalue weighted by molar-refractivity contribution is 0.118. The van der Waals surface area contributed by atoms with Gasteiger partial charge in [0.1, 0.15) is 6.54 Å². The van der Waals surface area contributed by atoms with Crippen molar-refractivity contribution in [3.63, 3.8) is 0 Å². The van der Waals surface area contributed by atoms with Crippen LogP contribution in [0.25, 0.3) is 0 Å². The molecule has 0 amide bonds. The maximum Gasteiger partial charge on any atom is 0.257 e. The number of methoxy groups -OCH3 is 1. The van der Waals surface area contributed by atoms with E-state index in [1.165, 1.54) is 4.68 Å². The number of halogens is 2. The van der Waals surface area contributed by atoms with Crippen molar-refractivity contribution in [2.75, 3.05) is 13.7 Å². The topological polar surface area (TPSA) is 66.0 Å². The maximum absolute atomic E-state index is 12.2. The van der Waals surface area contributed by atoms with Gasteiger partial charge in [0.05, 0.1) is 18.0 Å². The van der Waals surface area contributed by atoms with Gasteiger partial charge in [0.25, 0.3) is 6.43 Å². The third-order valence-electron chi connectivity index (χ3n) is 1.97. The second kappa shape index (κ2) is 5.72. The van der Waals surface area contributed by atoms with E-state index in [0.29, 0.717) is 24.4 Å². The molecule has 2 N–H and O–H groups in total. The van der Waals surface area contributed by atoms with Crippen LogP contribution >= 0.6 is 0 Å². The lowest BCUT2D eigenvalue weighted by Gasteiger charge is -2.06. The van der Waals surface area contributed by atoms with Crippen molar-refractivity contribution in [1.29, 1.82) is 0 Å². The largest absolute Gasteiger partial charge is 0.384 e. The molecule has 0 spiro atoms. The number of hydrogen-bond acceptors (Lipinski definition) is 4. The van der Waals surface area contributed by atoms with Crippen LogP contribution in [-0.2, 0) is 24.2 Å². The Morgan fingerprint density at radius 1 is 1.53 bits per heavy atom. The lowest BCUT2D eigenvalue weighted by Crippen LogP contribution is -2.14. The summed E-state index contributed by atoms with van der Waals surface area (Å²) in [5, 5.41) is 7.37. The normalized spacial score (nSPS) is 11.3. The number of nitrogens with zero attached hydrogens (tertiary/aromatic N) is 3. The Kier molecular flexibility index (Phi) is 4.57. The molecule has 0 fully saturated rings. The van der Waals surface area contributed by atoms with E-state index < -0.39 is 13.0 Å². The third-order valence-corrected chi connectivity index (χ3v) is 1.97. The summed E-state index contributed by atoms with van der Waals surface area (Å²) in [7, 11) is 1.55. The van der Waals surface area contributed by atoms with E-state index in [1.807, 2.05) is 0 Å². The van der Waals surface area contributed by atoms with Gasteiger partial charge in [-0.15, -0.1) is 5.10 Å². The van der Waals surface area contributed by atoms with Gasteiger partial charge in [0.2, 0.25) is 0 Å². The number of nitrogens with two attached hydrogens (primary N) is 1. The number of ether oxygens (including phenoxy) is 1. The second-order valence-corrected chi connectivity index (χ2v) is 3.00. The summed E-state index contributed by atoms with van der Waals surface area (Å²) in [5.74, 6) is 0. The number of hydrogen-bond donors (Lipinski definition) is 1. The van der Waals surface area contributed by atoms with Gasteiger partial charge in [-0.05, 0) is 0 Å². The van der Waals surface area contributed by atoms with E-state index in [0.717, 1.165) is 0 Å². The van der Waals surface area contributed by atoms with Crippen LogP contribution in [0.2, 0.25) is 0 Å². The summed E-state index contributed by atoms with van der Waals surface area (Å²) >= 11 is 0. The van der Waals surface area contributed by atoms with Crippen LogP contribution in [0, 0.1) is 0 Å². The van der Waals surface area contributed by atoms with E-state index in [4.69, 9.17) is 10.5 Å². The summed E-state index contributed by atoms with van der Waals surface area (Å²) in [6, 6.07) is 0. The summed E-state index contributed by atoms with van der Waals surface area (Å²) in [6.45, 7) is 0.179. The molecule has 0 aliphatic carbocycles. The molecule has 0 saturated heterocycles. The molecular weight excluding hydrogens is 206 g/mol. The van der Waals surface area contributed by atoms with Crippen LogP contribution in [0.5, 0.6) is 0 Å². The molecule has 15 heavy (non-hydrogen) atoms. The SMILES string of the molecule is COCCc1c(CN)nnn1CC(F)F. The number of aromatic nitrogens is 3. The van der Waals surface area contributed by atoms with Crippen LogP contribution in [-0.4, -0.2) is 35.1 Å². The first-order valence-electron chi connectivity index (χ1n) is 4.57. The first-order chi connectivity index (χ1) is 7.19. The summed E-state index contributed by atoms with van der Waals surface area (Å²) in [5.41, 5.74) is 6.60. The first kappa shape index (κ1) is 12.0. The van der Waals surface area contributed by atoms with Crippen molar-refractivity contribution in [1.82, 2.24) is 15.0 Å². The first-order valence-corrected chi connectivity index (χ1v) is 4.57. The van der Waals surface area contributed by atoms with Gasteiger partial charge >= 0.3 is 0 Å². The Morgan fingerprint density at radius 3 is 2.80 bits per heavy atom. The minimum atomic E-state index is -2.45.